The van der Waals surface area contributed by atoms with Gasteiger partial charge in [-0.2, -0.15) is 0 Å². The van der Waals surface area contributed by atoms with Crippen LogP contribution in [0.5, 0.6) is 0 Å². The molecule has 5 rings (SSSR count). The van der Waals surface area contributed by atoms with E-state index in [-0.39, 0.29) is 5.91 Å². The van der Waals surface area contributed by atoms with Crippen molar-refractivity contribution in [3.05, 3.63) is 130 Å². The van der Waals surface area contributed by atoms with Gasteiger partial charge in [0.25, 0.3) is 0 Å². The van der Waals surface area contributed by atoms with E-state index in [0.29, 0.717) is 10.0 Å². The maximum absolute atomic E-state index is 13.1. The number of nitrogens with one attached hydrogen (secondary N) is 1. The van der Waals surface area contributed by atoms with Crippen LogP contribution < -0.4 is 5.32 Å². The van der Waals surface area contributed by atoms with Gasteiger partial charge in [0.2, 0.25) is 5.91 Å². The maximum atomic E-state index is 13.1. The van der Waals surface area contributed by atoms with Gasteiger partial charge < -0.3 is 5.32 Å². The van der Waals surface area contributed by atoms with Crippen molar-refractivity contribution in [3.8, 4) is 11.1 Å². The third-order valence-corrected chi connectivity index (χ3v) is 7.13. The lowest BCUT2D eigenvalue weighted by Gasteiger charge is -2.15. The second kappa shape index (κ2) is 11.8. The molecule has 0 aliphatic carbocycles. The Morgan fingerprint density at radius 2 is 1.19 bits per heavy atom. The Morgan fingerprint density at radius 1 is 0.703 bits per heavy atom. The first-order valence-electron chi connectivity index (χ1n) is 12.5. The molecular formula is C32H28Cl2N2O. The van der Waals surface area contributed by atoms with Crippen LogP contribution in [0.4, 0.5) is 5.69 Å². The summed E-state index contributed by atoms with van der Waals surface area (Å²) in [6, 6.07) is 31.6. The highest BCUT2D eigenvalue weighted by Gasteiger charge is 2.13. The molecule has 3 nitrogen and oxygen atoms in total. The number of nitrogens with zero attached hydrogens (tertiary/aromatic N) is 1. The van der Waals surface area contributed by atoms with Gasteiger partial charge >= 0.3 is 0 Å². The van der Waals surface area contributed by atoms with Crippen molar-refractivity contribution in [2.45, 2.75) is 19.4 Å². The molecule has 4 aromatic rings. The van der Waals surface area contributed by atoms with Crippen molar-refractivity contribution in [1.82, 2.24) is 4.90 Å². The van der Waals surface area contributed by atoms with Crippen LogP contribution in [0.1, 0.15) is 29.5 Å². The number of carbonyl (C=O) groups is 1. The highest BCUT2D eigenvalue weighted by atomic mass is 35.5. The summed E-state index contributed by atoms with van der Waals surface area (Å²) in [4.78, 5) is 15.6. The quantitative estimate of drug-likeness (QED) is 0.245. The zero-order valence-electron chi connectivity index (χ0n) is 20.5. The first-order chi connectivity index (χ1) is 18.0. The van der Waals surface area contributed by atoms with Crippen LogP contribution in [0.25, 0.3) is 16.7 Å². The predicted molar refractivity (Wildman–Crippen MR) is 155 cm³/mol. The molecule has 5 heteroatoms. The van der Waals surface area contributed by atoms with Gasteiger partial charge in [0.05, 0.1) is 0 Å². The van der Waals surface area contributed by atoms with E-state index >= 15 is 0 Å². The maximum Gasteiger partial charge on any atom is 0.249 e. The summed E-state index contributed by atoms with van der Waals surface area (Å²) in [5.41, 5.74) is 6.91. The first-order valence-corrected chi connectivity index (χ1v) is 13.3. The lowest BCUT2D eigenvalue weighted by Crippen LogP contribution is -2.18. The molecule has 0 spiro atoms. The molecule has 1 aliphatic rings. The largest absolute Gasteiger partial charge is 0.322 e. The minimum Gasteiger partial charge on any atom is -0.322 e. The molecule has 1 heterocycles. The Bertz CT molecular complexity index is 1370. The second-order valence-corrected chi connectivity index (χ2v) is 10.2. The van der Waals surface area contributed by atoms with Gasteiger partial charge in [-0.3, -0.25) is 9.69 Å². The molecule has 186 valence electrons. The summed E-state index contributed by atoms with van der Waals surface area (Å²) in [5.74, 6) is -0.190. The third kappa shape index (κ3) is 6.69. The van der Waals surface area contributed by atoms with Crippen LogP contribution in [0.3, 0.4) is 0 Å². The number of hydrogen-bond acceptors (Lipinski definition) is 2. The van der Waals surface area contributed by atoms with Crippen LogP contribution >= 0.6 is 23.2 Å². The highest BCUT2D eigenvalue weighted by molar-refractivity contribution is 6.30. The van der Waals surface area contributed by atoms with E-state index in [2.05, 4.69) is 34.5 Å². The van der Waals surface area contributed by atoms with Gasteiger partial charge in [-0.1, -0.05) is 83.9 Å². The van der Waals surface area contributed by atoms with Gasteiger partial charge in [0.1, 0.15) is 0 Å². The number of hydrogen-bond donors (Lipinski definition) is 1. The molecule has 1 saturated heterocycles. The lowest BCUT2D eigenvalue weighted by molar-refractivity contribution is -0.111. The van der Waals surface area contributed by atoms with Crippen LogP contribution in [-0.2, 0) is 11.3 Å². The molecule has 37 heavy (non-hydrogen) atoms. The molecule has 4 aromatic carbocycles. The minimum absolute atomic E-state index is 0.190. The number of halogens is 2. The number of benzene rings is 4. The number of likely N-dealkylation sites (tertiary alicyclic amines) is 1. The zero-order valence-corrected chi connectivity index (χ0v) is 22.0. The zero-order chi connectivity index (χ0) is 25.6. The Balaban J connectivity index is 1.35. The molecule has 0 bridgehead atoms. The van der Waals surface area contributed by atoms with Crippen LogP contribution in [0.2, 0.25) is 10.0 Å². The minimum atomic E-state index is -0.190. The van der Waals surface area contributed by atoms with Crippen molar-refractivity contribution >= 4 is 40.4 Å². The van der Waals surface area contributed by atoms with E-state index in [1.165, 1.54) is 31.5 Å². The Labute approximate surface area is 228 Å². The number of rotatable bonds is 7. The molecule has 1 fully saturated rings. The standard InChI is InChI=1S/C32H28Cl2N2O/c33-28-13-7-24(8-14-28)25-11-17-30(18-12-25)35-32(37)21-31(27-9-15-29(34)16-10-27)26-5-3-23(4-6-26)22-36-19-1-2-20-36/h3-18,21H,1-2,19-20,22H2,(H,35,37). The molecule has 0 atom stereocenters. The summed E-state index contributed by atoms with van der Waals surface area (Å²) >= 11 is 12.1. The SMILES string of the molecule is O=C(C=C(c1ccc(Cl)cc1)c1ccc(CN2CCCC2)cc1)Nc1ccc(-c2ccc(Cl)cc2)cc1. The van der Waals surface area contributed by atoms with Crippen molar-refractivity contribution in [1.29, 1.82) is 0 Å². The molecular weight excluding hydrogens is 499 g/mol. The van der Waals surface area contributed by atoms with E-state index in [1.807, 2.05) is 72.8 Å². The highest BCUT2D eigenvalue weighted by Crippen LogP contribution is 2.27. The van der Waals surface area contributed by atoms with Gasteiger partial charge in [-0.15, -0.1) is 0 Å². The van der Waals surface area contributed by atoms with Crippen molar-refractivity contribution in [2.24, 2.45) is 0 Å². The smallest absolute Gasteiger partial charge is 0.249 e. The Kier molecular flexibility index (Phi) is 8.05. The molecule has 1 amide bonds. The fourth-order valence-electron chi connectivity index (χ4n) is 4.65. The monoisotopic (exact) mass is 526 g/mol. The van der Waals surface area contributed by atoms with Crippen LogP contribution in [0, 0.1) is 0 Å². The molecule has 1 N–H and O–H groups in total. The summed E-state index contributed by atoms with van der Waals surface area (Å²) in [6.45, 7) is 3.30. The number of amides is 1. The Morgan fingerprint density at radius 3 is 1.76 bits per heavy atom. The van der Waals surface area contributed by atoms with E-state index in [4.69, 9.17) is 23.2 Å². The van der Waals surface area contributed by atoms with Gasteiger partial charge in [0, 0.05) is 28.4 Å². The van der Waals surface area contributed by atoms with Crippen LogP contribution in [0.15, 0.2) is 103 Å². The van der Waals surface area contributed by atoms with E-state index < -0.39 is 0 Å². The third-order valence-electron chi connectivity index (χ3n) is 6.63. The van der Waals surface area contributed by atoms with Crippen LogP contribution in [-0.4, -0.2) is 23.9 Å². The molecule has 0 saturated carbocycles. The summed E-state index contributed by atoms with van der Waals surface area (Å²) < 4.78 is 0. The average Bonchev–Trinajstić information content (AvgIpc) is 3.43. The van der Waals surface area contributed by atoms with Gasteiger partial charge in [-0.05, 0) is 95.7 Å². The molecule has 1 aliphatic heterocycles. The fraction of sp³-hybridized carbons (Fsp3) is 0.156. The summed E-state index contributed by atoms with van der Waals surface area (Å²) in [5, 5.41) is 4.37. The fourth-order valence-corrected chi connectivity index (χ4v) is 4.90. The Hall–Kier alpha value is -3.37. The van der Waals surface area contributed by atoms with Crippen molar-refractivity contribution in [2.75, 3.05) is 18.4 Å². The summed E-state index contributed by atoms with van der Waals surface area (Å²) in [6.07, 6.45) is 4.22. The number of carbonyl (C=O) groups excluding carboxylic acids is 1. The van der Waals surface area contributed by atoms with E-state index in [1.54, 1.807) is 6.08 Å². The molecule has 0 unspecified atom stereocenters. The predicted octanol–water partition coefficient (Wildman–Crippen LogP) is 8.33. The average molecular weight is 527 g/mol. The normalized spacial score (nSPS) is 14.1. The van der Waals surface area contributed by atoms with Gasteiger partial charge in [0.15, 0.2) is 0 Å². The second-order valence-electron chi connectivity index (χ2n) is 9.32. The topological polar surface area (TPSA) is 32.3 Å². The van der Waals surface area contributed by atoms with Crippen molar-refractivity contribution in [3.63, 3.8) is 0 Å². The molecule has 0 radical (unpaired) electrons. The lowest BCUT2D eigenvalue weighted by atomic mass is 9.96. The van der Waals surface area contributed by atoms with Crippen molar-refractivity contribution < 1.29 is 4.79 Å². The van der Waals surface area contributed by atoms with E-state index in [9.17, 15) is 4.79 Å². The molecule has 0 aromatic heterocycles. The van der Waals surface area contributed by atoms with Gasteiger partial charge in [-0.25, -0.2) is 0 Å². The first kappa shape index (κ1) is 25.3. The van der Waals surface area contributed by atoms with E-state index in [0.717, 1.165) is 40.1 Å². The number of anilines is 1. The summed E-state index contributed by atoms with van der Waals surface area (Å²) in [7, 11) is 0.